The molecule has 1 aromatic carbocycles. The lowest BCUT2D eigenvalue weighted by molar-refractivity contribution is 0.103. The van der Waals surface area contributed by atoms with Crippen LogP contribution in [0.5, 0.6) is 5.75 Å². The number of carbonyl (C=O) groups excluding carboxylic acids is 1. The number of carbonyl (C=O) groups is 1. The molecule has 0 atom stereocenters. The summed E-state index contributed by atoms with van der Waals surface area (Å²) in [4.78, 5) is 14.2. The third-order valence-corrected chi connectivity index (χ3v) is 4.20. The van der Waals surface area contributed by atoms with Crippen molar-refractivity contribution < 1.29 is 9.53 Å². The van der Waals surface area contributed by atoms with Gasteiger partial charge in [-0.25, -0.2) is 0 Å². The third-order valence-electron chi connectivity index (χ3n) is 3.11. The van der Waals surface area contributed by atoms with Crippen LogP contribution in [0.2, 0.25) is 0 Å². The highest BCUT2D eigenvalue weighted by Crippen LogP contribution is 2.24. The largest absolute Gasteiger partial charge is 0.497 e. The molecular weight excluding hydrogens is 270 g/mol. The second-order valence-corrected chi connectivity index (χ2v) is 5.88. The molecule has 0 aliphatic rings. The number of hydrogen-bond acceptors (Lipinski definition) is 3. The number of methoxy groups -OCH3 is 1. The lowest BCUT2D eigenvalue weighted by atomic mass is 10.1. The predicted octanol–water partition coefficient (Wildman–Crippen LogP) is 4.27. The Labute approximate surface area is 123 Å². The van der Waals surface area contributed by atoms with Crippen molar-refractivity contribution in [3.63, 3.8) is 0 Å². The fourth-order valence-corrected chi connectivity index (χ4v) is 2.98. The maximum atomic E-state index is 12.2. The van der Waals surface area contributed by atoms with E-state index in [0.29, 0.717) is 0 Å². The Morgan fingerprint density at radius 1 is 1.30 bits per heavy atom. The number of rotatable bonds is 5. The number of thiophene rings is 1. The highest BCUT2D eigenvalue weighted by molar-refractivity contribution is 7.14. The summed E-state index contributed by atoms with van der Waals surface area (Å²) in [5.74, 6) is 0.728. The smallest absolute Gasteiger partial charge is 0.265 e. The van der Waals surface area contributed by atoms with Gasteiger partial charge in [-0.1, -0.05) is 13.3 Å². The predicted molar refractivity (Wildman–Crippen MR) is 84.0 cm³/mol. The Bertz CT molecular complexity index is 587. The Hall–Kier alpha value is -1.81. The van der Waals surface area contributed by atoms with Crippen molar-refractivity contribution in [3.8, 4) is 5.75 Å². The first kappa shape index (κ1) is 14.6. The molecule has 106 valence electrons. The van der Waals surface area contributed by atoms with Crippen molar-refractivity contribution in [2.24, 2.45) is 0 Å². The van der Waals surface area contributed by atoms with Crippen molar-refractivity contribution in [3.05, 3.63) is 45.6 Å². The van der Waals surface area contributed by atoms with Crippen molar-refractivity contribution in [1.29, 1.82) is 0 Å². The minimum absolute atomic E-state index is 0.0504. The molecule has 0 bridgehead atoms. The number of benzene rings is 1. The maximum Gasteiger partial charge on any atom is 0.265 e. The van der Waals surface area contributed by atoms with Gasteiger partial charge in [-0.2, -0.15) is 0 Å². The Balaban J connectivity index is 2.08. The zero-order valence-corrected chi connectivity index (χ0v) is 12.8. The quantitative estimate of drug-likeness (QED) is 0.892. The highest BCUT2D eigenvalue weighted by Gasteiger charge is 2.12. The second kappa shape index (κ2) is 6.57. The van der Waals surface area contributed by atoms with Crippen LogP contribution < -0.4 is 10.1 Å². The van der Waals surface area contributed by atoms with Crippen molar-refractivity contribution in [1.82, 2.24) is 0 Å². The lowest BCUT2D eigenvalue weighted by Gasteiger charge is -2.04. The fraction of sp³-hybridized carbons (Fsp3) is 0.312. The molecule has 0 fully saturated rings. The van der Waals surface area contributed by atoms with Crippen LogP contribution in [0, 0.1) is 6.92 Å². The lowest BCUT2D eigenvalue weighted by Crippen LogP contribution is -2.09. The number of nitrogens with one attached hydrogen (secondary N) is 1. The molecule has 1 aromatic heterocycles. The van der Waals surface area contributed by atoms with E-state index >= 15 is 0 Å². The van der Waals surface area contributed by atoms with E-state index in [1.165, 1.54) is 10.4 Å². The van der Waals surface area contributed by atoms with Crippen LogP contribution in [0.1, 0.15) is 33.5 Å². The summed E-state index contributed by atoms with van der Waals surface area (Å²) in [7, 11) is 1.62. The molecule has 2 aromatic rings. The molecule has 0 saturated heterocycles. The molecule has 0 spiro atoms. The van der Waals surface area contributed by atoms with Crippen LogP contribution in [-0.4, -0.2) is 13.0 Å². The summed E-state index contributed by atoms with van der Waals surface area (Å²) in [6, 6.07) is 9.34. The summed E-state index contributed by atoms with van der Waals surface area (Å²) in [5.41, 5.74) is 2.05. The van der Waals surface area contributed by atoms with E-state index in [4.69, 9.17) is 4.74 Å². The molecule has 3 nitrogen and oxygen atoms in total. The van der Waals surface area contributed by atoms with Crippen LogP contribution >= 0.6 is 11.3 Å². The van der Waals surface area contributed by atoms with Crippen LogP contribution in [-0.2, 0) is 6.42 Å². The summed E-state index contributed by atoms with van der Waals surface area (Å²) < 4.78 is 5.09. The third kappa shape index (κ3) is 3.39. The fourth-order valence-electron chi connectivity index (χ4n) is 2.02. The topological polar surface area (TPSA) is 38.3 Å². The molecule has 0 unspecified atom stereocenters. The molecule has 0 aliphatic heterocycles. The molecule has 1 amide bonds. The Morgan fingerprint density at radius 3 is 2.60 bits per heavy atom. The molecule has 1 heterocycles. The van der Waals surface area contributed by atoms with E-state index in [9.17, 15) is 4.79 Å². The Morgan fingerprint density at radius 2 is 2.00 bits per heavy atom. The monoisotopic (exact) mass is 289 g/mol. The van der Waals surface area contributed by atoms with Gasteiger partial charge in [0.15, 0.2) is 0 Å². The molecule has 0 saturated carbocycles. The van der Waals surface area contributed by atoms with Gasteiger partial charge in [0.05, 0.1) is 12.0 Å². The number of ether oxygens (including phenoxy) is 1. The number of amides is 1. The molecule has 1 N–H and O–H groups in total. The highest BCUT2D eigenvalue weighted by atomic mass is 32.1. The zero-order chi connectivity index (χ0) is 14.5. The average molecular weight is 289 g/mol. The van der Waals surface area contributed by atoms with Gasteiger partial charge in [-0.3, -0.25) is 4.79 Å². The molecule has 20 heavy (non-hydrogen) atoms. The SMILES string of the molecule is CCCc1cc(C(=O)Nc2ccc(OC)cc2)sc1C. The summed E-state index contributed by atoms with van der Waals surface area (Å²) in [6.45, 7) is 4.22. The number of hydrogen-bond donors (Lipinski definition) is 1. The molecule has 4 heteroatoms. The van der Waals surface area contributed by atoms with Crippen LogP contribution in [0.15, 0.2) is 30.3 Å². The van der Waals surface area contributed by atoms with Gasteiger partial charge >= 0.3 is 0 Å². The first-order valence-corrected chi connectivity index (χ1v) is 7.50. The van der Waals surface area contributed by atoms with Gasteiger partial charge < -0.3 is 10.1 Å². The van der Waals surface area contributed by atoms with Gasteiger partial charge in [0, 0.05) is 10.6 Å². The number of aryl methyl sites for hydroxylation is 2. The van der Waals surface area contributed by atoms with Crippen LogP contribution in [0.3, 0.4) is 0 Å². The zero-order valence-electron chi connectivity index (χ0n) is 12.0. The van der Waals surface area contributed by atoms with Gasteiger partial charge in [-0.05, 0) is 49.2 Å². The average Bonchev–Trinajstić information content (AvgIpc) is 2.82. The molecular formula is C16H19NO2S. The van der Waals surface area contributed by atoms with Crippen molar-refractivity contribution in [2.75, 3.05) is 12.4 Å². The second-order valence-electron chi connectivity index (χ2n) is 4.62. The van der Waals surface area contributed by atoms with Gasteiger partial charge in [0.25, 0.3) is 5.91 Å². The first-order valence-electron chi connectivity index (χ1n) is 6.68. The minimum Gasteiger partial charge on any atom is -0.497 e. The number of anilines is 1. The standard InChI is InChI=1S/C16H19NO2S/c1-4-5-12-10-15(20-11(12)2)16(18)17-13-6-8-14(19-3)9-7-13/h6-10H,4-5H2,1-3H3,(H,17,18). The summed E-state index contributed by atoms with van der Waals surface area (Å²) in [6.07, 6.45) is 2.12. The Kier molecular flexibility index (Phi) is 4.79. The minimum atomic E-state index is -0.0504. The van der Waals surface area contributed by atoms with Gasteiger partial charge in [0.1, 0.15) is 5.75 Å². The van der Waals surface area contributed by atoms with E-state index in [1.807, 2.05) is 30.3 Å². The normalized spacial score (nSPS) is 10.3. The van der Waals surface area contributed by atoms with E-state index in [-0.39, 0.29) is 5.91 Å². The van der Waals surface area contributed by atoms with E-state index < -0.39 is 0 Å². The summed E-state index contributed by atoms with van der Waals surface area (Å²) in [5, 5.41) is 2.91. The molecule has 0 aliphatic carbocycles. The van der Waals surface area contributed by atoms with Crippen molar-refractivity contribution in [2.45, 2.75) is 26.7 Å². The van der Waals surface area contributed by atoms with E-state index in [2.05, 4.69) is 19.2 Å². The molecule has 0 radical (unpaired) electrons. The van der Waals surface area contributed by atoms with Crippen molar-refractivity contribution >= 4 is 22.9 Å². The first-order chi connectivity index (χ1) is 9.63. The molecule has 2 rings (SSSR count). The summed E-state index contributed by atoms with van der Waals surface area (Å²) >= 11 is 1.55. The maximum absolute atomic E-state index is 12.2. The van der Waals surface area contributed by atoms with Crippen LogP contribution in [0.25, 0.3) is 0 Å². The van der Waals surface area contributed by atoms with E-state index in [1.54, 1.807) is 18.4 Å². The van der Waals surface area contributed by atoms with E-state index in [0.717, 1.165) is 29.2 Å². The van der Waals surface area contributed by atoms with Gasteiger partial charge in [-0.15, -0.1) is 11.3 Å². The van der Waals surface area contributed by atoms with Crippen LogP contribution in [0.4, 0.5) is 5.69 Å². The van der Waals surface area contributed by atoms with Gasteiger partial charge in [0.2, 0.25) is 0 Å².